The van der Waals surface area contributed by atoms with Crippen LogP contribution < -0.4 is 10.6 Å². The summed E-state index contributed by atoms with van der Waals surface area (Å²) in [4.78, 5) is 11.5. The third kappa shape index (κ3) is 7.21. The summed E-state index contributed by atoms with van der Waals surface area (Å²) in [5.74, 6) is 1.69. The van der Waals surface area contributed by atoms with Gasteiger partial charge in [-0.15, -0.1) is 0 Å². The van der Waals surface area contributed by atoms with Gasteiger partial charge in [-0.2, -0.15) is 0 Å². The SMILES string of the molecule is CC(C)C[C@@H](CCO)CNC(=O)NCC1CC1. The normalized spacial score (nSPS) is 16.9. The number of nitrogens with one attached hydrogen (secondary N) is 2. The van der Waals surface area contributed by atoms with Crippen LogP contribution in [0.5, 0.6) is 0 Å². The molecule has 0 aromatic carbocycles. The van der Waals surface area contributed by atoms with Crippen LogP contribution in [-0.4, -0.2) is 30.8 Å². The minimum atomic E-state index is -0.0661. The predicted molar refractivity (Wildman–Crippen MR) is 68.8 cm³/mol. The van der Waals surface area contributed by atoms with Crippen molar-refractivity contribution >= 4 is 6.03 Å². The average Bonchev–Trinajstić information content (AvgIpc) is 3.06. The molecule has 1 fully saturated rings. The molecule has 0 bridgehead atoms. The van der Waals surface area contributed by atoms with E-state index in [0.29, 0.717) is 24.3 Å². The fourth-order valence-electron chi connectivity index (χ4n) is 2.01. The first-order valence-corrected chi connectivity index (χ1v) is 6.74. The highest BCUT2D eigenvalue weighted by Gasteiger charge is 2.21. The molecule has 2 amide bonds. The molecular formula is C13H26N2O2. The first-order chi connectivity index (χ1) is 8.11. The lowest BCUT2D eigenvalue weighted by Gasteiger charge is -2.18. The van der Waals surface area contributed by atoms with Crippen LogP contribution in [0.25, 0.3) is 0 Å². The van der Waals surface area contributed by atoms with Gasteiger partial charge in [0, 0.05) is 19.7 Å². The fourth-order valence-corrected chi connectivity index (χ4v) is 2.01. The van der Waals surface area contributed by atoms with Gasteiger partial charge in [0.15, 0.2) is 0 Å². The summed E-state index contributed by atoms with van der Waals surface area (Å²) < 4.78 is 0. The van der Waals surface area contributed by atoms with Crippen LogP contribution in [0.3, 0.4) is 0 Å². The second kappa shape index (κ2) is 7.54. The van der Waals surface area contributed by atoms with Crippen molar-refractivity contribution in [1.29, 1.82) is 0 Å². The molecule has 0 radical (unpaired) electrons. The molecule has 1 atom stereocenters. The monoisotopic (exact) mass is 242 g/mol. The van der Waals surface area contributed by atoms with Gasteiger partial charge in [0.05, 0.1) is 0 Å². The lowest BCUT2D eigenvalue weighted by Crippen LogP contribution is -2.39. The zero-order valence-corrected chi connectivity index (χ0v) is 11.0. The molecule has 0 unspecified atom stereocenters. The standard InChI is InChI=1S/C13H26N2O2/c1-10(2)7-12(5-6-16)9-15-13(17)14-8-11-3-4-11/h10-12,16H,3-9H2,1-2H3,(H2,14,15,17)/t12-/m1/s1. The second-order valence-corrected chi connectivity index (χ2v) is 5.54. The van der Waals surface area contributed by atoms with Gasteiger partial charge in [0.1, 0.15) is 0 Å². The third-order valence-corrected chi connectivity index (χ3v) is 3.14. The summed E-state index contributed by atoms with van der Waals surface area (Å²) in [6, 6.07) is -0.0661. The van der Waals surface area contributed by atoms with E-state index in [0.717, 1.165) is 19.4 Å². The van der Waals surface area contributed by atoms with Crippen molar-refractivity contribution in [2.24, 2.45) is 17.8 Å². The molecule has 4 nitrogen and oxygen atoms in total. The summed E-state index contributed by atoms with van der Waals surface area (Å²) in [5.41, 5.74) is 0. The molecule has 1 rings (SSSR count). The van der Waals surface area contributed by atoms with E-state index in [1.165, 1.54) is 12.8 Å². The lowest BCUT2D eigenvalue weighted by atomic mass is 9.94. The first kappa shape index (κ1) is 14.3. The van der Waals surface area contributed by atoms with Crippen LogP contribution in [-0.2, 0) is 0 Å². The number of aliphatic hydroxyl groups is 1. The predicted octanol–water partition coefficient (Wildman–Crippen LogP) is 1.74. The number of hydrogen-bond donors (Lipinski definition) is 3. The smallest absolute Gasteiger partial charge is 0.314 e. The second-order valence-electron chi connectivity index (χ2n) is 5.54. The van der Waals surface area contributed by atoms with Crippen molar-refractivity contribution in [1.82, 2.24) is 10.6 Å². The maximum Gasteiger partial charge on any atom is 0.314 e. The van der Waals surface area contributed by atoms with Gasteiger partial charge in [-0.1, -0.05) is 13.8 Å². The van der Waals surface area contributed by atoms with Gasteiger partial charge in [-0.05, 0) is 43.4 Å². The minimum Gasteiger partial charge on any atom is -0.396 e. The number of carbonyl (C=O) groups excluding carboxylic acids is 1. The molecule has 0 aliphatic heterocycles. The molecule has 0 aromatic rings. The topological polar surface area (TPSA) is 61.4 Å². The molecule has 4 heteroatoms. The van der Waals surface area contributed by atoms with Crippen LogP contribution in [0.2, 0.25) is 0 Å². The molecule has 3 N–H and O–H groups in total. The Morgan fingerprint density at radius 1 is 1.35 bits per heavy atom. The van der Waals surface area contributed by atoms with Gasteiger partial charge in [-0.3, -0.25) is 0 Å². The van der Waals surface area contributed by atoms with E-state index in [9.17, 15) is 4.79 Å². The van der Waals surface area contributed by atoms with E-state index >= 15 is 0 Å². The Labute approximate surface area is 104 Å². The zero-order chi connectivity index (χ0) is 12.7. The maximum absolute atomic E-state index is 11.5. The highest BCUT2D eigenvalue weighted by Crippen LogP contribution is 2.27. The number of urea groups is 1. The summed E-state index contributed by atoms with van der Waals surface area (Å²) in [6.07, 6.45) is 4.31. The van der Waals surface area contributed by atoms with Gasteiger partial charge in [-0.25, -0.2) is 4.79 Å². The van der Waals surface area contributed by atoms with Crippen LogP contribution in [0.4, 0.5) is 4.79 Å². The number of amides is 2. The molecule has 1 aliphatic carbocycles. The molecule has 0 saturated heterocycles. The van der Waals surface area contributed by atoms with E-state index in [4.69, 9.17) is 5.11 Å². The van der Waals surface area contributed by atoms with Crippen molar-refractivity contribution in [3.8, 4) is 0 Å². The molecule has 0 aromatic heterocycles. The Bertz CT molecular complexity index is 227. The number of hydrogen-bond acceptors (Lipinski definition) is 2. The van der Waals surface area contributed by atoms with Crippen molar-refractivity contribution in [3.05, 3.63) is 0 Å². The molecule has 0 heterocycles. The Morgan fingerprint density at radius 3 is 2.59 bits per heavy atom. The van der Waals surface area contributed by atoms with Crippen LogP contribution in [0.1, 0.15) is 39.5 Å². The van der Waals surface area contributed by atoms with Gasteiger partial charge in [0.25, 0.3) is 0 Å². The molecule has 0 spiro atoms. The fraction of sp³-hybridized carbons (Fsp3) is 0.923. The van der Waals surface area contributed by atoms with Crippen molar-refractivity contribution in [2.45, 2.75) is 39.5 Å². The van der Waals surface area contributed by atoms with Crippen LogP contribution >= 0.6 is 0 Å². The van der Waals surface area contributed by atoms with Crippen molar-refractivity contribution < 1.29 is 9.90 Å². The van der Waals surface area contributed by atoms with Crippen LogP contribution in [0, 0.1) is 17.8 Å². The largest absolute Gasteiger partial charge is 0.396 e. The van der Waals surface area contributed by atoms with Gasteiger partial charge in [0.2, 0.25) is 0 Å². The Hall–Kier alpha value is -0.770. The molecule has 1 aliphatic rings. The van der Waals surface area contributed by atoms with Gasteiger partial charge >= 0.3 is 6.03 Å². The highest BCUT2D eigenvalue weighted by atomic mass is 16.3. The Balaban J connectivity index is 2.12. The maximum atomic E-state index is 11.5. The van der Waals surface area contributed by atoms with Crippen LogP contribution in [0.15, 0.2) is 0 Å². The number of aliphatic hydroxyl groups excluding tert-OH is 1. The Kier molecular flexibility index (Phi) is 6.34. The van der Waals surface area contributed by atoms with E-state index < -0.39 is 0 Å². The van der Waals surface area contributed by atoms with Gasteiger partial charge < -0.3 is 15.7 Å². The number of carbonyl (C=O) groups is 1. The zero-order valence-electron chi connectivity index (χ0n) is 11.0. The minimum absolute atomic E-state index is 0.0661. The molecule has 100 valence electrons. The van der Waals surface area contributed by atoms with E-state index in [1.807, 2.05) is 0 Å². The van der Waals surface area contributed by atoms with Crippen molar-refractivity contribution in [3.63, 3.8) is 0 Å². The third-order valence-electron chi connectivity index (χ3n) is 3.14. The highest BCUT2D eigenvalue weighted by molar-refractivity contribution is 5.73. The van der Waals surface area contributed by atoms with E-state index in [1.54, 1.807) is 0 Å². The summed E-state index contributed by atoms with van der Waals surface area (Å²) in [6.45, 7) is 5.99. The Morgan fingerprint density at radius 2 is 2.06 bits per heavy atom. The summed E-state index contributed by atoms with van der Waals surface area (Å²) >= 11 is 0. The van der Waals surface area contributed by atoms with E-state index in [2.05, 4.69) is 24.5 Å². The summed E-state index contributed by atoms with van der Waals surface area (Å²) in [5, 5.41) is 14.7. The quantitative estimate of drug-likeness (QED) is 0.607. The molecular weight excluding hydrogens is 216 g/mol. The van der Waals surface area contributed by atoms with E-state index in [-0.39, 0.29) is 12.6 Å². The average molecular weight is 242 g/mol. The first-order valence-electron chi connectivity index (χ1n) is 6.74. The number of rotatable bonds is 8. The van der Waals surface area contributed by atoms with Crippen molar-refractivity contribution in [2.75, 3.05) is 19.7 Å². The lowest BCUT2D eigenvalue weighted by molar-refractivity contribution is 0.225. The molecule has 1 saturated carbocycles. The summed E-state index contributed by atoms with van der Waals surface area (Å²) in [7, 11) is 0. The molecule has 17 heavy (non-hydrogen) atoms.